The molecule has 66 heavy (non-hydrogen) atoms. The van der Waals surface area contributed by atoms with Gasteiger partial charge in [-0.05, 0) is 88.4 Å². The van der Waals surface area contributed by atoms with Crippen LogP contribution in [-0.4, -0.2) is 29.9 Å². The lowest BCUT2D eigenvalue weighted by atomic mass is 9.42. The van der Waals surface area contributed by atoms with Crippen LogP contribution < -0.4 is 0 Å². The van der Waals surface area contributed by atoms with Crippen molar-refractivity contribution in [3.05, 3.63) is 205 Å². The van der Waals surface area contributed by atoms with Gasteiger partial charge in [0.25, 0.3) is 0 Å². The van der Waals surface area contributed by atoms with E-state index in [2.05, 4.69) is 158 Å². The molecule has 10 aromatic rings. The fraction of sp³-hybridized carbons (Fsp3) is 0.167. The van der Waals surface area contributed by atoms with E-state index in [9.17, 15) is 0 Å². The summed E-state index contributed by atoms with van der Waals surface area (Å²) in [5.74, 6) is 6.84. The summed E-state index contributed by atoms with van der Waals surface area (Å²) in [6.07, 6.45) is 6.51. The molecule has 0 atom stereocenters. The van der Waals surface area contributed by atoms with E-state index >= 15 is 0 Å². The number of hydrogen-bond acceptors (Lipinski definition) is 6. The number of fused-ring (bicyclic) bond motifs is 2. The van der Waals surface area contributed by atoms with Crippen molar-refractivity contribution in [1.29, 1.82) is 0 Å². The molecule has 4 bridgehead atoms. The van der Waals surface area contributed by atoms with Gasteiger partial charge in [-0.3, -0.25) is 0 Å². The molecule has 2 heterocycles. The molecule has 8 aromatic carbocycles. The highest BCUT2D eigenvalue weighted by Crippen LogP contribution is 2.65. The standard InChI is InChI=1S/C60H46N6/c1-3-15-42(16-4-1)54-61-56(65-58(63-54)52-23-11-19-40-13-7-9-21-50(40)52)44-25-29-46(30-26-44)60(48-34-38-33-39(36-48)37-49(60)35-38)47-31-27-45(28-32-47)57-62-55(43-17-5-2-6-18-43)64-59(66-57)53-24-12-20-41-14-8-10-22-51(41)53/h1-32,38-39,48-49H,33-37H2. The van der Waals surface area contributed by atoms with Crippen molar-refractivity contribution in [1.82, 2.24) is 29.9 Å². The fourth-order valence-electron chi connectivity index (χ4n) is 12.4. The quantitative estimate of drug-likeness (QED) is 0.152. The molecule has 14 rings (SSSR count). The maximum Gasteiger partial charge on any atom is 0.164 e. The first-order chi connectivity index (χ1) is 32.6. The molecule has 0 unspecified atom stereocenters. The second-order valence-electron chi connectivity index (χ2n) is 18.7. The number of benzene rings is 8. The number of aromatic nitrogens is 6. The SMILES string of the molecule is c1ccc(-c2nc(-c3ccc(C4(c5ccc(-c6nc(-c7ccccc7)nc(-c7cccc8ccccc78)n6)cc5)C5CC6CC(C5)CC4C6)cc3)nc(-c3cccc4ccccc34)n2)cc1. The summed E-state index contributed by atoms with van der Waals surface area (Å²) in [6.45, 7) is 0. The minimum atomic E-state index is -0.102. The number of rotatable bonds is 8. The van der Waals surface area contributed by atoms with Gasteiger partial charge in [0.05, 0.1) is 0 Å². The first kappa shape index (κ1) is 38.7. The van der Waals surface area contributed by atoms with Gasteiger partial charge >= 0.3 is 0 Å². The molecular formula is C60H46N6. The maximum atomic E-state index is 5.21. The summed E-state index contributed by atoms with van der Waals surface area (Å²) in [5, 5.41) is 4.57. The van der Waals surface area contributed by atoms with Crippen molar-refractivity contribution in [2.24, 2.45) is 23.7 Å². The van der Waals surface area contributed by atoms with Crippen LogP contribution in [0.3, 0.4) is 0 Å². The zero-order valence-electron chi connectivity index (χ0n) is 36.5. The zero-order valence-corrected chi connectivity index (χ0v) is 36.5. The van der Waals surface area contributed by atoms with Crippen molar-refractivity contribution in [2.45, 2.75) is 37.5 Å². The molecule has 4 aliphatic rings. The third-order valence-corrected chi connectivity index (χ3v) is 15.1. The molecule has 4 fully saturated rings. The van der Waals surface area contributed by atoms with E-state index < -0.39 is 0 Å². The van der Waals surface area contributed by atoms with Crippen molar-refractivity contribution in [3.8, 4) is 68.3 Å². The van der Waals surface area contributed by atoms with Crippen molar-refractivity contribution < 1.29 is 0 Å². The van der Waals surface area contributed by atoms with Crippen LogP contribution in [-0.2, 0) is 5.41 Å². The Morgan fingerprint density at radius 1 is 0.288 bits per heavy atom. The van der Waals surface area contributed by atoms with Crippen molar-refractivity contribution in [2.75, 3.05) is 0 Å². The van der Waals surface area contributed by atoms with Crippen molar-refractivity contribution in [3.63, 3.8) is 0 Å². The van der Waals surface area contributed by atoms with Gasteiger partial charge < -0.3 is 0 Å². The van der Waals surface area contributed by atoms with E-state index in [1.54, 1.807) is 0 Å². The topological polar surface area (TPSA) is 77.3 Å². The second kappa shape index (κ2) is 15.8. The highest BCUT2D eigenvalue weighted by Gasteiger charge is 2.58. The first-order valence-corrected chi connectivity index (χ1v) is 23.4. The lowest BCUT2D eigenvalue weighted by molar-refractivity contribution is -0.0418. The van der Waals surface area contributed by atoms with Gasteiger partial charge in [-0.25, -0.2) is 29.9 Å². The molecule has 0 amide bonds. The molecule has 6 heteroatoms. The van der Waals surface area contributed by atoms with Crippen LogP contribution in [0.5, 0.6) is 0 Å². The Balaban J connectivity index is 0.912. The van der Waals surface area contributed by atoms with Crippen LogP contribution in [0.1, 0.15) is 43.2 Å². The lowest BCUT2D eigenvalue weighted by Gasteiger charge is -2.62. The highest BCUT2D eigenvalue weighted by molar-refractivity contribution is 5.96. The Morgan fingerprint density at radius 3 is 1.03 bits per heavy atom. The Morgan fingerprint density at radius 2 is 0.621 bits per heavy atom. The predicted molar refractivity (Wildman–Crippen MR) is 265 cm³/mol. The van der Waals surface area contributed by atoms with E-state index in [-0.39, 0.29) is 5.41 Å². The van der Waals surface area contributed by atoms with Gasteiger partial charge in [0.2, 0.25) is 0 Å². The van der Waals surface area contributed by atoms with Crippen LogP contribution in [0.2, 0.25) is 0 Å². The van der Waals surface area contributed by atoms with Crippen LogP contribution in [0.25, 0.3) is 89.9 Å². The molecule has 316 valence electrons. The molecule has 0 spiro atoms. The molecular weight excluding hydrogens is 805 g/mol. The highest BCUT2D eigenvalue weighted by atomic mass is 15.0. The van der Waals surface area contributed by atoms with E-state index in [0.29, 0.717) is 46.8 Å². The largest absolute Gasteiger partial charge is 0.208 e. The Hall–Kier alpha value is -7.70. The van der Waals surface area contributed by atoms with Gasteiger partial charge in [0.15, 0.2) is 34.9 Å². The second-order valence-corrected chi connectivity index (χ2v) is 18.7. The summed E-state index contributed by atoms with van der Waals surface area (Å²) >= 11 is 0. The third-order valence-electron chi connectivity index (χ3n) is 15.1. The van der Waals surface area contributed by atoms with E-state index in [1.165, 1.54) is 43.2 Å². The Kier molecular flexibility index (Phi) is 9.26. The molecule has 4 aliphatic carbocycles. The smallest absolute Gasteiger partial charge is 0.164 e. The van der Waals surface area contributed by atoms with Gasteiger partial charge in [-0.15, -0.1) is 0 Å². The first-order valence-electron chi connectivity index (χ1n) is 23.4. The lowest BCUT2D eigenvalue weighted by Crippen LogP contribution is -2.56. The predicted octanol–water partition coefficient (Wildman–Crippen LogP) is 14.1. The average Bonchev–Trinajstić information content (AvgIpc) is 3.39. The normalized spacial score (nSPS) is 19.3. The monoisotopic (exact) mass is 850 g/mol. The molecule has 2 aromatic heterocycles. The van der Waals surface area contributed by atoms with E-state index in [4.69, 9.17) is 29.9 Å². The maximum absolute atomic E-state index is 5.21. The molecule has 0 aliphatic heterocycles. The van der Waals surface area contributed by atoms with Crippen LogP contribution in [0.4, 0.5) is 0 Å². The zero-order chi connectivity index (χ0) is 43.6. The minimum absolute atomic E-state index is 0.102. The van der Waals surface area contributed by atoms with Crippen molar-refractivity contribution >= 4 is 21.5 Å². The molecule has 0 radical (unpaired) electrons. The number of nitrogens with zero attached hydrogens (tertiary/aromatic N) is 6. The summed E-state index contributed by atoms with van der Waals surface area (Å²) in [5.41, 5.74) is 8.59. The van der Waals surface area contributed by atoms with Crippen LogP contribution in [0.15, 0.2) is 194 Å². The van der Waals surface area contributed by atoms with E-state index in [1.807, 2.05) is 36.4 Å². The summed E-state index contributed by atoms with van der Waals surface area (Å²) < 4.78 is 0. The molecule has 4 saturated carbocycles. The summed E-state index contributed by atoms with van der Waals surface area (Å²) in [4.78, 5) is 30.9. The summed E-state index contributed by atoms with van der Waals surface area (Å²) in [6, 6.07) is 68.7. The Labute approximate surface area is 384 Å². The van der Waals surface area contributed by atoms with Gasteiger partial charge in [-0.1, -0.05) is 194 Å². The minimum Gasteiger partial charge on any atom is -0.208 e. The van der Waals surface area contributed by atoms with Crippen LogP contribution >= 0.6 is 0 Å². The Bertz CT molecular complexity index is 3170. The van der Waals surface area contributed by atoms with E-state index in [0.717, 1.165) is 66.8 Å². The van der Waals surface area contributed by atoms with Gasteiger partial charge in [0.1, 0.15) is 0 Å². The third kappa shape index (κ3) is 6.54. The molecule has 0 N–H and O–H groups in total. The molecule has 0 saturated heterocycles. The number of hydrogen-bond donors (Lipinski definition) is 0. The average molecular weight is 851 g/mol. The van der Waals surface area contributed by atoms with Gasteiger partial charge in [0, 0.05) is 38.8 Å². The summed E-state index contributed by atoms with van der Waals surface area (Å²) in [7, 11) is 0. The van der Waals surface area contributed by atoms with Crippen LogP contribution in [0, 0.1) is 23.7 Å². The fourth-order valence-corrected chi connectivity index (χ4v) is 12.4. The molecule has 6 nitrogen and oxygen atoms in total. The van der Waals surface area contributed by atoms with Gasteiger partial charge in [-0.2, -0.15) is 0 Å².